The molecule has 6 heteroatoms. The summed E-state index contributed by atoms with van der Waals surface area (Å²) in [6, 6.07) is 13.0. The maximum absolute atomic E-state index is 11.8. The maximum Gasteiger partial charge on any atom is 0.337 e. The van der Waals surface area contributed by atoms with Crippen molar-refractivity contribution in [2.24, 2.45) is 0 Å². The number of carboxylic acids is 1. The number of carbonyl (C=O) groups is 2. The second-order valence-electron chi connectivity index (χ2n) is 3.94. The van der Waals surface area contributed by atoms with Crippen molar-refractivity contribution in [1.29, 1.82) is 0 Å². The van der Waals surface area contributed by atoms with E-state index in [4.69, 9.17) is 5.11 Å². The molecule has 0 unspecified atom stereocenters. The van der Waals surface area contributed by atoms with Gasteiger partial charge >= 0.3 is 12.0 Å². The van der Waals surface area contributed by atoms with Gasteiger partial charge in [0.1, 0.15) is 0 Å². The van der Waals surface area contributed by atoms with Crippen LogP contribution >= 0.6 is 15.9 Å². The normalized spacial score (nSPS) is 9.85. The second kappa shape index (κ2) is 6.21. The summed E-state index contributed by atoms with van der Waals surface area (Å²) in [4.78, 5) is 22.9. The number of carboxylic acid groups (broad SMARTS) is 1. The zero-order valence-electron chi connectivity index (χ0n) is 10.3. The number of hydrogen-bond acceptors (Lipinski definition) is 2. The van der Waals surface area contributed by atoms with Gasteiger partial charge in [0.15, 0.2) is 0 Å². The van der Waals surface area contributed by atoms with E-state index in [1.165, 1.54) is 12.1 Å². The van der Waals surface area contributed by atoms with E-state index >= 15 is 0 Å². The van der Waals surface area contributed by atoms with Crippen LogP contribution in [0.15, 0.2) is 53.0 Å². The first-order valence-corrected chi connectivity index (χ1v) is 6.51. The number of hydrogen-bond donors (Lipinski definition) is 3. The Morgan fingerprint density at radius 1 is 1.00 bits per heavy atom. The van der Waals surface area contributed by atoms with E-state index < -0.39 is 12.0 Å². The summed E-state index contributed by atoms with van der Waals surface area (Å²) in [5.41, 5.74) is 0.871. The molecule has 0 radical (unpaired) electrons. The number of anilines is 2. The molecule has 0 spiro atoms. The van der Waals surface area contributed by atoms with E-state index in [9.17, 15) is 9.59 Å². The van der Waals surface area contributed by atoms with Gasteiger partial charge < -0.3 is 15.7 Å². The minimum atomic E-state index is -1.11. The fourth-order valence-electron chi connectivity index (χ4n) is 1.61. The third-order valence-corrected chi connectivity index (χ3v) is 2.99. The molecule has 0 saturated heterocycles. The number of aromatic carboxylic acids is 1. The molecule has 0 aliphatic heterocycles. The van der Waals surface area contributed by atoms with Gasteiger partial charge in [0.25, 0.3) is 0 Å². The first-order chi connectivity index (χ1) is 9.56. The number of urea groups is 1. The molecule has 0 aliphatic rings. The highest BCUT2D eigenvalue weighted by atomic mass is 79.9. The number of nitrogens with one attached hydrogen (secondary N) is 2. The molecule has 0 heterocycles. The van der Waals surface area contributed by atoms with Crippen molar-refractivity contribution in [3.63, 3.8) is 0 Å². The monoisotopic (exact) mass is 334 g/mol. The molecule has 2 rings (SSSR count). The van der Waals surface area contributed by atoms with Crippen LogP contribution in [0.4, 0.5) is 16.2 Å². The summed E-state index contributed by atoms with van der Waals surface area (Å²) in [7, 11) is 0. The average Bonchev–Trinajstić information content (AvgIpc) is 2.41. The van der Waals surface area contributed by atoms with Gasteiger partial charge in [-0.15, -0.1) is 0 Å². The van der Waals surface area contributed by atoms with Crippen molar-refractivity contribution >= 4 is 39.3 Å². The summed E-state index contributed by atoms with van der Waals surface area (Å²) in [6.07, 6.45) is 0. The van der Waals surface area contributed by atoms with Gasteiger partial charge in [-0.3, -0.25) is 0 Å². The Balaban J connectivity index is 2.14. The van der Waals surface area contributed by atoms with Crippen LogP contribution < -0.4 is 10.6 Å². The third-order valence-electron chi connectivity index (χ3n) is 2.49. The minimum Gasteiger partial charge on any atom is -0.478 e. The third kappa shape index (κ3) is 3.58. The van der Waals surface area contributed by atoms with E-state index in [1.54, 1.807) is 30.3 Å². The quantitative estimate of drug-likeness (QED) is 0.798. The number of para-hydroxylation sites is 1. The summed E-state index contributed by atoms with van der Waals surface area (Å²) < 4.78 is 0.629. The first kappa shape index (κ1) is 14.1. The highest BCUT2D eigenvalue weighted by Gasteiger charge is 2.12. The molecule has 0 aromatic heterocycles. The van der Waals surface area contributed by atoms with Crippen LogP contribution in [0.25, 0.3) is 0 Å². The van der Waals surface area contributed by atoms with Crippen molar-refractivity contribution in [2.75, 3.05) is 10.6 Å². The SMILES string of the molecule is O=C(Nc1ccccc1)Nc1ccc(Br)cc1C(=O)O. The molecule has 102 valence electrons. The lowest BCUT2D eigenvalue weighted by atomic mass is 10.2. The molecule has 0 fully saturated rings. The smallest absolute Gasteiger partial charge is 0.337 e. The zero-order chi connectivity index (χ0) is 14.5. The minimum absolute atomic E-state index is 0.0163. The van der Waals surface area contributed by atoms with E-state index in [-0.39, 0.29) is 11.3 Å². The van der Waals surface area contributed by atoms with Gasteiger partial charge in [-0.25, -0.2) is 9.59 Å². The maximum atomic E-state index is 11.8. The van der Waals surface area contributed by atoms with Gasteiger partial charge in [0.2, 0.25) is 0 Å². The molecule has 2 aromatic rings. The van der Waals surface area contributed by atoms with Gasteiger partial charge in [-0.1, -0.05) is 34.1 Å². The Morgan fingerprint density at radius 2 is 1.70 bits per heavy atom. The molecule has 3 N–H and O–H groups in total. The Labute approximate surface area is 123 Å². The predicted octanol–water partition coefficient (Wildman–Crippen LogP) is 3.79. The highest BCUT2D eigenvalue weighted by molar-refractivity contribution is 9.10. The zero-order valence-corrected chi connectivity index (χ0v) is 11.8. The van der Waals surface area contributed by atoms with E-state index in [1.807, 2.05) is 6.07 Å². The van der Waals surface area contributed by atoms with Crippen molar-refractivity contribution in [1.82, 2.24) is 0 Å². The lowest BCUT2D eigenvalue weighted by Gasteiger charge is -2.10. The molecule has 0 aliphatic carbocycles. The lowest BCUT2D eigenvalue weighted by Crippen LogP contribution is -2.20. The van der Waals surface area contributed by atoms with Crippen LogP contribution in [0, 0.1) is 0 Å². The van der Waals surface area contributed by atoms with Crippen LogP contribution in [0.2, 0.25) is 0 Å². The molecule has 20 heavy (non-hydrogen) atoms. The number of benzene rings is 2. The van der Waals surface area contributed by atoms with Gasteiger partial charge in [-0.2, -0.15) is 0 Å². The summed E-state index contributed by atoms with van der Waals surface area (Å²) >= 11 is 3.19. The largest absolute Gasteiger partial charge is 0.478 e. The Kier molecular flexibility index (Phi) is 4.37. The number of rotatable bonds is 3. The Morgan fingerprint density at radius 3 is 2.35 bits per heavy atom. The van der Waals surface area contributed by atoms with Crippen LogP contribution in [0.3, 0.4) is 0 Å². The van der Waals surface area contributed by atoms with Crippen LogP contribution in [-0.2, 0) is 0 Å². The molecule has 5 nitrogen and oxygen atoms in total. The van der Waals surface area contributed by atoms with Gasteiger partial charge in [0.05, 0.1) is 11.3 Å². The van der Waals surface area contributed by atoms with Crippen LogP contribution in [0.1, 0.15) is 10.4 Å². The van der Waals surface area contributed by atoms with Gasteiger partial charge in [-0.05, 0) is 30.3 Å². The number of amides is 2. The summed E-state index contributed by atoms with van der Waals surface area (Å²) in [6.45, 7) is 0. The van der Waals surface area contributed by atoms with Crippen molar-refractivity contribution in [3.05, 3.63) is 58.6 Å². The van der Waals surface area contributed by atoms with Crippen LogP contribution in [0.5, 0.6) is 0 Å². The van der Waals surface area contributed by atoms with Crippen LogP contribution in [-0.4, -0.2) is 17.1 Å². The molecule has 2 aromatic carbocycles. The topological polar surface area (TPSA) is 78.4 Å². The molecule has 0 atom stereocenters. The fraction of sp³-hybridized carbons (Fsp3) is 0. The van der Waals surface area contributed by atoms with Gasteiger partial charge in [0, 0.05) is 10.2 Å². The fourth-order valence-corrected chi connectivity index (χ4v) is 1.97. The molecule has 0 bridgehead atoms. The molecular formula is C14H11BrN2O3. The summed E-state index contributed by atoms with van der Waals surface area (Å²) in [5, 5.41) is 14.2. The van der Waals surface area contributed by atoms with E-state index in [0.717, 1.165) is 0 Å². The van der Waals surface area contributed by atoms with Crippen molar-refractivity contribution in [3.8, 4) is 0 Å². The first-order valence-electron chi connectivity index (χ1n) is 5.72. The Bertz CT molecular complexity index is 644. The molecule has 2 amide bonds. The Hall–Kier alpha value is -2.34. The second-order valence-corrected chi connectivity index (χ2v) is 4.86. The molecule has 0 saturated carbocycles. The standard InChI is InChI=1S/C14H11BrN2O3/c15-9-6-7-12(11(8-9)13(18)19)17-14(20)16-10-4-2-1-3-5-10/h1-8H,(H,18,19)(H2,16,17,20). The van der Waals surface area contributed by atoms with Crippen molar-refractivity contribution in [2.45, 2.75) is 0 Å². The molecular weight excluding hydrogens is 324 g/mol. The highest BCUT2D eigenvalue weighted by Crippen LogP contribution is 2.21. The van der Waals surface area contributed by atoms with Crippen molar-refractivity contribution < 1.29 is 14.7 Å². The lowest BCUT2D eigenvalue weighted by molar-refractivity contribution is 0.0698. The summed E-state index contributed by atoms with van der Waals surface area (Å²) in [5.74, 6) is -1.11. The number of halogens is 1. The number of carbonyl (C=O) groups excluding carboxylic acids is 1. The predicted molar refractivity (Wildman–Crippen MR) is 80.2 cm³/mol. The van der Waals surface area contributed by atoms with E-state index in [2.05, 4.69) is 26.6 Å². The average molecular weight is 335 g/mol. The van der Waals surface area contributed by atoms with E-state index in [0.29, 0.717) is 10.2 Å².